The van der Waals surface area contributed by atoms with Gasteiger partial charge in [0.2, 0.25) is 5.95 Å². The second-order valence-electron chi connectivity index (χ2n) is 4.55. The van der Waals surface area contributed by atoms with Crippen LogP contribution in [0.25, 0.3) is 0 Å². The summed E-state index contributed by atoms with van der Waals surface area (Å²) in [5.41, 5.74) is 6.80. The fourth-order valence-corrected chi connectivity index (χ4v) is 2.25. The Hall–Kier alpha value is -1.36. The van der Waals surface area contributed by atoms with Gasteiger partial charge in [0.25, 0.3) is 0 Å². The van der Waals surface area contributed by atoms with Gasteiger partial charge in [0, 0.05) is 30.9 Å². The first kappa shape index (κ1) is 12.1. The number of nitrogen functional groups attached to an aromatic ring is 1. The summed E-state index contributed by atoms with van der Waals surface area (Å²) < 4.78 is 0. The Labute approximate surface area is 102 Å². The smallest absolute Gasteiger partial charge is 0.222 e. The molecule has 2 heterocycles. The Morgan fingerprint density at radius 2 is 2.35 bits per heavy atom. The fraction of sp³-hybridized carbons (Fsp3) is 0.667. The van der Waals surface area contributed by atoms with E-state index in [1.54, 1.807) is 0 Å². The summed E-state index contributed by atoms with van der Waals surface area (Å²) >= 11 is 0. The Bertz CT molecular complexity index is 379. The van der Waals surface area contributed by atoms with Crippen LogP contribution in [0.5, 0.6) is 0 Å². The molecule has 0 amide bonds. The average Bonchev–Trinajstić information content (AvgIpc) is 2.77. The molecule has 1 aromatic heterocycles. The van der Waals surface area contributed by atoms with Crippen LogP contribution in [0.3, 0.4) is 0 Å². The van der Waals surface area contributed by atoms with Gasteiger partial charge in [0.1, 0.15) is 5.82 Å². The molecule has 5 nitrogen and oxygen atoms in total. The number of nitrogens with two attached hydrogens (primary N) is 1. The van der Waals surface area contributed by atoms with Gasteiger partial charge in [-0.3, -0.25) is 0 Å². The van der Waals surface area contributed by atoms with Crippen molar-refractivity contribution in [2.45, 2.75) is 32.2 Å². The van der Waals surface area contributed by atoms with Crippen molar-refractivity contribution in [3.63, 3.8) is 0 Å². The molecule has 1 aromatic rings. The summed E-state index contributed by atoms with van der Waals surface area (Å²) in [5, 5.41) is 3.30. The molecule has 94 valence electrons. The minimum atomic E-state index is 0.388. The molecule has 1 saturated heterocycles. The third-order valence-electron chi connectivity index (χ3n) is 3.21. The van der Waals surface area contributed by atoms with Gasteiger partial charge in [0.05, 0.1) is 0 Å². The summed E-state index contributed by atoms with van der Waals surface area (Å²) in [6.45, 7) is 4.18. The van der Waals surface area contributed by atoms with Crippen LogP contribution in [0.1, 0.15) is 25.5 Å². The van der Waals surface area contributed by atoms with Gasteiger partial charge in [-0.15, -0.1) is 0 Å². The maximum absolute atomic E-state index is 5.76. The molecule has 0 bridgehead atoms. The van der Waals surface area contributed by atoms with Crippen molar-refractivity contribution in [3.05, 3.63) is 11.8 Å². The van der Waals surface area contributed by atoms with Gasteiger partial charge in [-0.25, -0.2) is 4.98 Å². The van der Waals surface area contributed by atoms with Crippen LogP contribution in [-0.4, -0.2) is 36.1 Å². The van der Waals surface area contributed by atoms with Gasteiger partial charge >= 0.3 is 0 Å². The van der Waals surface area contributed by atoms with E-state index in [9.17, 15) is 0 Å². The lowest BCUT2D eigenvalue weighted by molar-refractivity contribution is 0.616. The summed E-state index contributed by atoms with van der Waals surface area (Å²) in [4.78, 5) is 10.9. The molecule has 17 heavy (non-hydrogen) atoms. The van der Waals surface area contributed by atoms with Gasteiger partial charge in [-0.2, -0.15) is 4.98 Å². The number of likely N-dealkylation sites (N-methyl/N-ethyl adjacent to an activating group) is 1. The third-order valence-corrected chi connectivity index (χ3v) is 3.21. The number of rotatable bonds is 4. The zero-order valence-electron chi connectivity index (χ0n) is 10.6. The zero-order valence-corrected chi connectivity index (χ0v) is 10.6. The molecule has 1 fully saturated rings. The number of hydrogen-bond acceptors (Lipinski definition) is 5. The Balaban J connectivity index is 2.15. The number of hydrogen-bond donors (Lipinski definition) is 2. The lowest BCUT2D eigenvalue weighted by Gasteiger charge is -2.18. The highest BCUT2D eigenvalue weighted by Crippen LogP contribution is 2.20. The molecule has 1 aliphatic heterocycles. The molecule has 0 saturated carbocycles. The standard InChI is InChI=1S/C12H21N5/c1-3-4-9-7-11(16-12(13)15-9)17-6-5-10(8-17)14-2/h7,10,14H,3-6,8H2,1-2H3,(H2,13,15,16). The van der Waals surface area contributed by atoms with E-state index < -0.39 is 0 Å². The molecule has 0 radical (unpaired) electrons. The van der Waals surface area contributed by atoms with Gasteiger partial charge in [-0.1, -0.05) is 13.3 Å². The summed E-state index contributed by atoms with van der Waals surface area (Å²) in [7, 11) is 2.00. The van der Waals surface area contributed by atoms with Crippen LogP contribution in [-0.2, 0) is 6.42 Å². The molecular formula is C12H21N5. The third kappa shape index (κ3) is 2.85. The normalized spacial score (nSPS) is 19.9. The van der Waals surface area contributed by atoms with E-state index in [0.717, 1.165) is 43.9 Å². The lowest BCUT2D eigenvalue weighted by Crippen LogP contribution is -2.30. The molecule has 1 unspecified atom stereocenters. The van der Waals surface area contributed by atoms with E-state index in [2.05, 4.69) is 33.2 Å². The Morgan fingerprint density at radius 3 is 3.00 bits per heavy atom. The van der Waals surface area contributed by atoms with Crippen LogP contribution in [0.2, 0.25) is 0 Å². The zero-order chi connectivity index (χ0) is 12.3. The van der Waals surface area contributed by atoms with Crippen molar-refractivity contribution in [1.29, 1.82) is 0 Å². The minimum absolute atomic E-state index is 0.388. The molecular weight excluding hydrogens is 214 g/mol. The largest absolute Gasteiger partial charge is 0.368 e. The predicted molar refractivity (Wildman–Crippen MR) is 70.1 cm³/mol. The summed E-state index contributed by atoms with van der Waals surface area (Å²) in [5.74, 6) is 1.36. The van der Waals surface area contributed by atoms with Crippen LogP contribution >= 0.6 is 0 Å². The van der Waals surface area contributed by atoms with Crippen molar-refractivity contribution >= 4 is 11.8 Å². The maximum atomic E-state index is 5.76. The predicted octanol–water partition coefficient (Wildman–Crippen LogP) is 0.809. The quantitative estimate of drug-likeness (QED) is 0.808. The molecule has 0 aliphatic carbocycles. The van der Waals surface area contributed by atoms with E-state index >= 15 is 0 Å². The number of nitrogens with zero attached hydrogens (tertiary/aromatic N) is 3. The molecule has 0 aromatic carbocycles. The molecule has 5 heteroatoms. The highest BCUT2D eigenvalue weighted by molar-refractivity contribution is 5.44. The van der Waals surface area contributed by atoms with Crippen molar-refractivity contribution in [2.24, 2.45) is 0 Å². The first-order valence-corrected chi connectivity index (χ1v) is 6.28. The summed E-state index contributed by atoms with van der Waals surface area (Å²) in [6, 6.07) is 2.62. The van der Waals surface area contributed by atoms with Crippen LogP contribution < -0.4 is 16.0 Å². The first-order chi connectivity index (χ1) is 8.22. The fourth-order valence-electron chi connectivity index (χ4n) is 2.25. The monoisotopic (exact) mass is 235 g/mol. The number of aromatic nitrogens is 2. The molecule has 1 aliphatic rings. The maximum Gasteiger partial charge on any atom is 0.222 e. The highest BCUT2D eigenvalue weighted by atomic mass is 15.2. The lowest BCUT2D eigenvalue weighted by atomic mass is 10.2. The highest BCUT2D eigenvalue weighted by Gasteiger charge is 2.22. The second kappa shape index (κ2) is 5.31. The van der Waals surface area contributed by atoms with E-state index in [1.165, 1.54) is 0 Å². The number of anilines is 2. The van der Waals surface area contributed by atoms with Crippen molar-refractivity contribution < 1.29 is 0 Å². The topological polar surface area (TPSA) is 67.1 Å². The first-order valence-electron chi connectivity index (χ1n) is 6.28. The molecule has 3 N–H and O–H groups in total. The molecule has 2 rings (SSSR count). The van der Waals surface area contributed by atoms with Crippen molar-refractivity contribution in [1.82, 2.24) is 15.3 Å². The minimum Gasteiger partial charge on any atom is -0.368 e. The average molecular weight is 235 g/mol. The Morgan fingerprint density at radius 1 is 1.53 bits per heavy atom. The Kier molecular flexibility index (Phi) is 3.78. The van der Waals surface area contributed by atoms with Crippen molar-refractivity contribution in [3.8, 4) is 0 Å². The van der Waals surface area contributed by atoms with Crippen molar-refractivity contribution in [2.75, 3.05) is 30.8 Å². The summed E-state index contributed by atoms with van der Waals surface area (Å²) in [6.07, 6.45) is 3.20. The van der Waals surface area contributed by atoms with E-state index in [0.29, 0.717) is 12.0 Å². The molecule has 1 atom stereocenters. The van der Waals surface area contributed by atoms with E-state index in [4.69, 9.17) is 5.73 Å². The second-order valence-corrected chi connectivity index (χ2v) is 4.55. The van der Waals surface area contributed by atoms with E-state index in [1.807, 2.05) is 7.05 Å². The van der Waals surface area contributed by atoms with E-state index in [-0.39, 0.29) is 0 Å². The van der Waals surface area contributed by atoms with Gasteiger partial charge < -0.3 is 16.0 Å². The SMILES string of the molecule is CCCc1cc(N2CCC(NC)C2)nc(N)n1. The number of aryl methyl sites for hydroxylation is 1. The van der Waals surface area contributed by atoms with Crippen LogP contribution in [0.15, 0.2) is 6.07 Å². The number of nitrogens with one attached hydrogen (secondary N) is 1. The molecule has 0 spiro atoms. The van der Waals surface area contributed by atoms with Gasteiger partial charge in [-0.05, 0) is 19.9 Å². The van der Waals surface area contributed by atoms with Crippen LogP contribution in [0, 0.1) is 0 Å². The van der Waals surface area contributed by atoms with Crippen LogP contribution in [0.4, 0.5) is 11.8 Å². The van der Waals surface area contributed by atoms with Gasteiger partial charge in [0.15, 0.2) is 0 Å².